The third kappa shape index (κ3) is 13.9. The van der Waals surface area contributed by atoms with E-state index in [1.165, 1.54) is 22.6 Å². The maximum absolute atomic E-state index is 10.8. The Hall–Kier alpha value is -1.34. The van der Waals surface area contributed by atoms with Gasteiger partial charge in [-0.25, -0.2) is 0 Å². The molecule has 26 heavy (non-hydrogen) atoms. The molecule has 148 valence electrons. The van der Waals surface area contributed by atoms with Crippen LogP contribution in [0, 0.1) is 4.77 Å². The van der Waals surface area contributed by atoms with Gasteiger partial charge in [-0.2, -0.15) is 4.98 Å². The minimum atomic E-state index is -0.406. The zero-order valence-corrected chi connectivity index (χ0v) is 17.6. The lowest BCUT2D eigenvalue weighted by molar-refractivity contribution is 0.444. The molecule has 2 heterocycles. The smallest absolute Gasteiger partial charge is 0.255 e. The van der Waals surface area contributed by atoms with Crippen molar-refractivity contribution in [1.82, 2.24) is 19.9 Å². The summed E-state index contributed by atoms with van der Waals surface area (Å²) in [7, 11) is 0. The minimum Gasteiger partial charge on any atom is -0.494 e. The molecular weight excluding hydrogens is 491 g/mol. The molecule has 0 aliphatic carbocycles. The van der Waals surface area contributed by atoms with Crippen LogP contribution >= 0.6 is 46.6 Å². The monoisotopic (exact) mass is 516 g/mol. The van der Waals surface area contributed by atoms with Crippen molar-refractivity contribution in [1.29, 1.82) is 0 Å². The average Bonchev–Trinajstić information content (AvgIpc) is 2.51. The summed E-state index contributed by atoms with van der Waals surface area (Å²) in [4.78, 5) is 32.0. The first-order valence-electron chi connectivity index (χ1n) is 7.34. The first-order chi connectivity index (χ1) is 11.8. The Morgan fingerprint density at radius 3 is 2.12 bits per heavy atom. The van der Waals surface area contributed by atoms with Crippen LogP contribution in [-0.2, 0) is 0 Å². The third-order valence-electron chi connectivity index (χ3n) is 2.08. The van der Waals surface area contributed by atoms with Gasteiger partial charge in [-0.1, -0.05) is 55.6 Å². The second-order valence-electron chi connectivity index (χ2n) is 4.42. The first-order valence-corrected chi connectivity index (χ1v) is 10.3. The molecule has 0 aliphatic heterocycles. The molecule has 0 saturated carbocycles. The number of H-pyrrole nitrogens is 3. The Labute approximate surface area is 175 Å². The van der Waals surface area contributed by atoms with Gasteiger partial charge < -0.3 is 20.2 Å². The van der Waals surface area contributed by atoms with E-state index in [-0.39, 0.29) is 29.5 Å². The topological polar surface area (TPSA) is 135 Å². The number of aromatic amines is 3. The van der Waals surface area contributed by atoms with Crippen LogP contribution in [-0.4, -0.2) is 40.3 Å². The van der Waals surface area contributed by atoms with Crippen molar-refractivity contribution in [3.63, 3.8) is 0 Å². The van der Waals surface area contributed by atoms with E-state index in [0.29, 0.717) is 5.16 Å². The van der Waals surface area contributed by atoms with Gasteiger partial charge in [-0.3, -0.25) is 14.6 Å². The molecule has 0 atom stereocenters. The maximum Gasteiger partial charge on any atom is 0.255 e. The summed E-state index contributed by atoms with van der Waals surface area (Å²) in [6.07, 6.45) is 2.31. The SMILES string of the molecule is C.CCCI.CCCSc1nc(O)cc(=O)[nH]1.O=c1cc(O)[nH]c(=S)[nH]1. The van der Waals surface area contributed by atoms with Gasteiger partial charge in [0.05, 0.1) is 12.1 Å². The zero-order chi connectivity index (χ0) is 19.2. The molecular formula is C15H25IN4O4S2. The van der Waals surface area contributed by atoms with Crippen LogP contribution in [0.15, 0.2) is 26.9 Å². The second-order valence-corrected chi connectivity index (χ2v) is 6.99. The summed E-state index contributed by atoms with van der Waals surface area (Å²) < 4.78 is 1.41. The van der Waals surface area contributed by atoms with Gasteiger partial charge in [-0.05, 0) is 29.5 Å². The van der Waals surface area contributed by atoms with Gasteiger partial charge in [0.25, 0.3) is 11.1 Å². The summed E-state index contributed by atoms with van der Waals surface area (Å²) in [5.74, 6) is 0.438. The molecule has 0 spiro atoms. The molecule has 0 aromatic carbocycles. The standard InChI is InChI=1S/C7H10N2O2S.C4H4N2O2S.C3H7I.CH4/c1-2-3-12-7-8-5(10)4-6(11)9-7;7-2-1-3(8)6-4(9)5-2;1-2-3-4;/h4H,2-3H2,1H3,(H2,8,9,10,11);1H,(H3,5,6,7,8,9);2-3H2,1H3;1H4. The molecule has 2 aromatic rings. The van der Waals surface area contributed by atoms with E-state index in [0.717, 1.165) is 24.3 Å². The highest BCUT2D eigenvalue weighted by Crippen LogP contribution is 2.13. The van der Waals surface area contributed by atoms with Crippen LogP contribution in [0.4, 0.5) is 0 Å². The lowest BCUT2D eigenvalue weighted by Gasteiger charge is -1.97. The highest BCUT2D eigenvalue weighted by Gasteiger charge is 1.98. The molecule has 0 saturated heterocycles. The Morgan fingerprint density at radius 2 is 1.69 bits per heavy atom. The molecule has 11 heteroatoms. The largest absolute Gasteiger partial charge is 0.494 e. The lowest BCUT2D eigenvalue weighted by Crippen LogP contribution is -2.06. The number of halogens is 1. The number of alkyl halides is 1. The fourth-order valence-electron chi connectivity index (χ4n) is 1.15. The molecule has 2 aromatic heterocycles. The zero-order valence-electron chi connectivity index (χ0n) is 13.8. The number of hydrogen-bond acceptors (Lipinski definition) is 7. The molecule has 5 N–H and O–H groups in total. The molecule has 2 rings (SSSR count). The number of nitrogens with zero attached hydrogens (tertiary/aromatic N) is 1. The normalized spacial score (nSPS) is 9.04. The fraction of sp³-hybridized carbons (Fsp3) is 0.467. The quantitative estimate of drug-likeness (QED) is 0.138. The number of hydrogen-bond donors (Lipinski definition) is 5. The lowest BCUT2D eigenvalue weighted by atomic mass is 10.6. The van der Waals surface area contributed by atoms with Crippen LogP contribution < -0.4 is 11.1 Å². The van der Waals surface area contributed by atoms with Gasteiger partial charge in [0, 0.05) is 5.75 Å². The predicted molar refractivity (Wildman–Crippen MR) is 117 cm³/mol. The number of rotatable bonds is 4. The third-order valence-corrected chi connectivity index (χ3v) is 4.45. The summed E-state index contributed by atoms with van der Waals surface area (Å²) in [5, 5.41) is 18.1. The molecule has 0 amide bonds. The number of nitrogens with one attached hydrogen (secondary N) is 3. The summed E-state index contributed by atoms with van der Waals surface area (Å²) >= 11 is 8.29. The van der Waals surface area contributed by atoms with Crippen LogP contribution in [0.25, 0.3) is 0 Å². The molecule has 0 bridgehead atoms. The van der Waals surface area contributed by atoms with Crippen molar-refractivity contribution in [3.8, 4) is 11.8 Å². The molecule has 8 nitrogen and oxygen atoms in total. The van der Waals surface area contributed by atoms with E-state index in [1.807, 2.05) is 6.92 Å². The van der Waals surface area contributed by atoms with Crippen molar-refractivity contribution in [2.24, 2.45) is 0 Å². The van der Waals surface area contributed by atoms with Gasteiger partial charge in [0.2, 0.25) is 5.88 Å². The second kappa shape index (κ2) is 15.9. The Bertz CT molecular complexity index is 762. The van der Waals surface area contributed by atoms with Gasteiger partial charge in [0.15, 0.2) is 15.8 Å². The average molecular weight is 516 g/mol. The Morgan fingerprint density at radius 1 is 1.12 bits per heavy atom. The highest BCUT2D eigenvalue weighted by molar-refractivity contribution is 14.1. The molecule has 0 unspecified atom stereocenters. The van der Waals surface area contributed by atoms with Crippen LogP contribution in [0.1, 0.15) is 34.1 Å². The molecule has 0 fully saturated rings. The Balaban J connectivity index is 0. The number of thioether (sulfide) groups is 1. The van der Waals surface area contributed by atoms with E-state index in [1.54, 1.807) is 0 Å². The summed E-state index contributed by atoms with van der Waals surface area (Å²) in [6, 6.07) is 2.06. The van der Waals surface area contributed by atoms with Gasteiger partial charge in [-0.15, -0.1) is 0 Å². The highest BCUT2D eigenvalue weighted by atomic mass is 127. The predicted octanol–water partition coefficient (Wildman–Crippen LogP) is 3.58. The fourth-order valence-corrected chi connectivity index (χ4v) is 2.08. The first kappa shape index (κ1) is 26.9. The van der Waals surface area contributed by atoms with E-state index in [2.05, 4.69) is 61.7 Å². The molecule has 0 aliphatic rings. The van der Waals surface area contributed by atoms with Crippen molar-refractivity contribution < 1.29 is 10.2 Å². The number of aromatic nitrogens is 4. The van der Waals surface area contributed by atoms with Crippen molar-refractivity contribution in [3.05, 3.63) is 37.6 Å². The van der Waals surface area contributed by atoms with E-state index in [9.17, 15) is 9.59 Å². The summed E-state index contributed by atoms with van der Waals surface area (Å²) in [6.45, 7) is 4.21. The van der Waals surface area contributed by atoms with E-state index < -0.39 is 5.56 Å². The van der Waals surface area contributed by atoms with Gasteiger partial charge >= 0.3 is 0 Å². The summed E-state index contributed by atoms with van der Waals surface area (Å²) in [5.41, 5.74) is -0.725. The number of aromatic hydroxyl groups is 2. The van der Waals surface area contributed by atoms with Gasteiger partial charge in [0.1, 0.15) is 0 Å². The van der Waals surface area contributed by atoms with E-state index >= 15 is 0 Å². The minimum absolute atomic E-state index is 0. The van der Waals surface area contributed by atoms with Crippen molar-refractivity contribution in [2.75, 3.05) is 10.2 Å². The molecule has 0 radical (unpaired) electrons. The van der Waals surface area contributed by atoms with Crippen molar-refractivity contribution in [2.45, 2.75) is 39.3 Å². The van der Waals surface area contributed by atoms with Crippen LogP contribution in [0.3, 0.4) is 0 Å². The van der Waals surface area contributed by atoms with Crippen LogP contribution in [0.2, 0.25) is 0 Å². The Kier molecular flexibility index (Phi) is 16.4. The van der Waals surface area contributed by atoms with Crippen molar-refractivity contribution >= 4 is 46.6 Å². The van der Waals surface area contributed by atoms with E-state index in [4.69, 9.17) is 10.2 Å². The maximum atomic E-state index is 10.8. The van der Waals surface area contributed by atoms with Crippen LogP contribution in [0.5, 0.6) is 11.8 Å².